The normalized spacial score (nSPS) is 19.1. The van der Waals surface area contributed by atoms with Gasteiger partial charge in [-0.1, -0.05) is 30.3 Å². The molecule has 2 rings (SSSR count). The highest BCUT2D eigenvalue weighted by atomic mass is 32.2. The molecule has 6 heteroatoms. The third kappa shape index (κ3) is 2.62. The third-order valence-electron chi connectivity index (χ3n) is 2.86. The Bertz CT molecular complexity index is 467. The molecule has 0 unspecified atom stereocenters. The number of nitriles is 1. The highest BCUT2D eigenvalue weighted by Gasteiger charge is 2.47. The number of thioether (sulfide) groups is 2. The molecule has 1 aromatic carbocycles. The van der Waals surface area contributed by atoms with Crippen LogP contribution in [0.25, 0.3) is 0 Å². The van der Waals surface area contributed by atoms with Gasteiger partial charge in [0.15, 0.2) is 4.08 Å². The number of hydrogen-bond donors (Lipinski definition) is 0. The van der Waals surface area contributed by atoms with Crippen molar-refractivity contribution in [1.82, 2.24) is 0 Å². The molecule has 0 radical (unpaired) electrons. The Balaban J connectivity index is 2.36. The van der Waals surface area contributed by atoms with Crippen molar-refractivity contribution >= 4 is 23.5 Å². The zero-order chi connectivity index (χ0) is 13.0. The standard InChI is InChI=1S/C12H12N2O2S2/c13-9-12(17-6-7-18-12)11(8-14(15)16)10-4-2-1-3-5-10/h1-5,11H,6-8H2/t11-/m0/s1. The lowest BCUT2D eigenvalue weighted by atomic mass is 9.95. The second-order valence-corrected chi connectivity index (χ2v) is 6.89. The van der Waals surface area contributed by atoms with Gasteiger partial charge in [0, 0.05) is 16.4 Å². The van der Waals surface area contributed by atoms with Crippen LogP contribution in [0.1, 0.15) is 11.5 Å². The first kappa shape index (κ1) is 13.2. The van der Waals surface area contributed by atoms with Crippen molar-refractivity contribution in [2.75, 3.05) is 18.1 Å². The molecule has 0 aliphatic carbocycles. The molecule has 1 atom stereocenters. The molecule has 0 saturated carbocycles. The summed E-state index contributed by atoms with van der Waals surface area (Å²) in [6, 6.07) is 11.6. The van der Waals surface area contributed by atoms with E-state index in [0.29, 0.717) is 0 Å². The summed E-state index contributed by atoms with van der Waals surface area (Å²) in [5.74, 6) is 1.38. The summed E-state index contributed by atoms with van der Waals surface area (Å²) in [5.41, 5.74) is 0.873. The first-order valence-electron chi connectivity index (χ1n) is 5.54. The minimum Gasteiger partial charge on any atom is -0.265 e. The van der Waals surface area contributed by atoms with E-state index in [9.17, 15) is 15.4 Å². The van der Waals surface area contributed by atoms with E-state index < -0.39 is 4.08 Å². The molecule has 1 saturated heterocycles. The van der Waals surface area contributed by atoms with Crippen LogP contribution in [-0.2, 0) is 0 Å². The maximum absolute atomic E-state index is 10.9. The van der Waals surface area contributed by atoms with Gasteiger partial charge in [-0.3, -0.25) is 10.1 Å². The van der Waals surface area contributed by atoms with Gasteiger partial charge in [0.2, 0.25) is 6.54 Å². The Morgan fingerprint density at radius 1 is 1.39 bits per heavy atom. The Morgan fingerprint density at radius 3 is 2.50 bits per heavy atom. The first-order chi connectivity index (χ1) is 8.68. The molecule has 0 spiro atoms. The lowest BCUT2D eigenvalue weighted by Crippen LogP contribution is -2.31. The quantitative estimate of drug-likeness (QED) is 0.626. The van der Waals surface area contributed by atoms with E-state index in [2.05, 4.69) is 6.07 Å². The van der Waals surface area contributed by atoms with E-state index in [0.717, 1.165) is 17.1 Å². The predicted molar refractivity (Wildman–Crippen MR) is 74.3 cm³/mol. The van der Waals surface area contributed by atoms with Gasteiger partial charge in [0.05, 0.1) is 12.0 Å². The van der Waals surface area contributed by atoms with Gasteiger partial charge in [0.25, 0.3) is 0 Å². The van der Waals surface area contributed by atoms with E-state index in [-0.39, 0.29) is 17.4 Å². The molecular weight excluding hydrogens is 268 g/mol. The van der Waals surface area contributed by atoms with Crippen LogP contribution < -0.4 is 0 Å². The number of benzene rings is 1. The molecule has 0 aromatic heterocycles. The summed E-state index contributed by atoms with van der Waals surface area (Å²) in [4.78, 5) is 10.6. The smallest absolute Gasteiger partial charge is 0.213 e. The van der Waals surface area contributed by atoms with Crippen LogP contribution in [0.5, 0.6) is 0 Å². The Labute approximate surface area is 114 Å². The van der Waals surface area contributed by atoms with E-state index in [1.807, 2.05) is 30.3 Å². The minimum absolute atomic E-state index is 0.197. The lowest BCUT2D eigenvalue weighted by molar-refractivity contribution is -0.483. The molecular formula is C12H12N2O2S2. The van der Waals surface area contributed by atoms with Crippen LogP contribution in [0, 0.1) is 21.4 Å². The summed E-state index contributed by atoms with van der Waals surface area (Å²) < 4.78 is -0.714. The van der Waals surface area contributed by atoms with Crippen molar-refractivity contribution in [3.8, 4) is 6.07 Å². The van der Waals surface area contributed by atoms with Crippen molar-refractivity contribution in [3.05, 3.63) is 46.0 Å². The largest absolute Gasteiger partial charge is 0.265 e. The topological polar surface area (TPSA) is 66.9 Å². The van der Waals surface area contributed by atoms with Crippen LogP contribution in [0.3, 0.4) is 0 Å². The van der Waals surface area contributed by atoms with E-state index in [1.165, 1.54) is 23.5 Å². The van der Waals surface area contributed by atoms with Gasteiger partial charge in [-0.05, 0) is 5.56 Å². The average molecular weight is 280 g/mol. The van der Waals surface area contributed by atoms with Crippen molar-refractivity contribution in [3.63, 3.8) is 0 Å². The second kappa shape index (κ2) is 5.63. The summed E-state index contributed by atoms with van der Waals surface area (Å²) in [7, 11) is 0. The molecule has 18 heavy (non-hydrogen) atoms. The average Bonchev–Trinajstić information content (AvgIpc) is 2.86. The van der Waals surface area contributed by atoms with Gasteiger partial charge in [-0.2, -0.15) is 5.26 Å². The number of nitro groups is 1. The molecule has 1 aliphatic rings. The highest BCUT2D eigenvalue weighted by Crippen LogP contribution is 2.52. The van der Waals surface area contributed by atoms with E-state index >= 15 is 0 Å². The maximum Gasteiger partial charge on any atom is 0.213 e. The molecule has 1 heterocycles. The monoisotopic (exact) mass is 280 g/mol. The summed E-state index contributed by atoms with van der Waals surface area (Å²) in [5, 5.41) is 20.3. The highest BCUT2D eigenvalue weighted by molar-refractivity contribution is 8.21. The fraction of sp³-hybridized carbons (Fsp3) is 0.417. The Kier molecular flexibility index (Phi) is 4.15. The van der Waals surface area contributed by atoms with E-state index in [4.69, 9.17) is 0 Å². The zero-order valence-electron chi connectivity index (χ0n) is 9.61. The summed E-state index contributed by atoms with van der Waals surface area (Å²) in [6.07, 6.45) is 0. The molecule has 1 aliphatic heterocycles. The summed E-state index contributed by atoms with van der Waals surface area (Å²) in [6.45, 7) is -0.197. The number of hydrogen-bond acceptors (Lipinski definition) is 5. The number of rotatable bonds is 4. The predicted octanol–water partition coefficient (Wildman–Crippen LogP) is 2.75. The van der Waals surface area contributed by atoms with Crippen LogP contribution >= 0.6 is 23.5 Å². The molecule has 0 N–H and O–H groups in total. The molecule has 1 aromatic rings. The minimum atomic E-state index is -0.714. The van der Waals surface area contributed by atoms with Crippen LogP contribution in [-0.4, -0.2) is 27.1 Å². The molecule has 4 nitrogen and oxygen atoms in total. The van der Waals surface area contributed by atoms with Crippen LogP contribution in [0.4, 0.5) is 0 Å². The molecule has 0 amide bonds. The van der Waals surface area contributed by atoms with Gasteiger partial charge >= 0.3 is 0 Å². The van der Waals surface area contributed by atoms with Crippen LogP contribution in [0.2, 0.25) is 0 Å². The summed E-state index contributed by atoms with van der Waals surface area (Å²) >= 11 is 3.06. The Hall–Kier alpha value is -1.19. The van der Waals surface area contributed by atoms with Gasteiger partial charge in [-0.15, -0.1) is 23.5 Å². The molecule has 0 bridgehead atoms. The van der Waals surface area contributed by atoms with Crippen molar-refractivity contribution in [2.45, 2.75) is 10.00 Å². The lowest BCUT2D eigenvalue weighted by Gasteiger charge is -2.27. The fourth-order valence-electron chi connectivity index (χ4n) is 2.05. The second-order valence-electron chi connectivity index (χ2n) is 3.95. The molecule has 1 fully saturated rings. The van der Waals surface area contributed by atoms with E-state index in [1.54, 1.807) is 0 Å². The first-order valence-corrected chi connectivity index (χ1v) is 7.51. The van der Waals surface area contributed by atoms with Crippen molar-refractivity contribution in [2.24, 2.45) is 0 Å². The number of nitrogens with zero attached hydrogens (tertiary/aromatic N) is 2. The van der Waals surface area contributed by atoms with Crippen molar-refractivity contribution in [1.29, 1.82) is 5.26 Å². The van der Waals surface area contributed by atoms with Gasteiger partial charge in [0.1, 0.15) is 0 Å². The zero-order valence-corrected chi connectivity index (χ0v) is 11.2. The van der Waals surface area contributed by atoms with Crippen LogP contribution in [0.15, 0.2) is 30.3 Å². The Morgan fingerprint density at radius 2 is 2.00 bits per heavy atom. The third-order valence-corrected chi connectivity index (χ3v) is 6.26. The van der Waals surface area contributed by atoms with Gasteiger partial charge in [-0.25, -0.2) is 0 Å². The van der Waals surface area contributed by atoms with Gasteiger partial charge < -0.3 is 0 Å². The van der Waals surface area contributed by atoms with Crippen molar-refractivity contribution < 1.29 is 4.92 Å². The molecule has 94 valence electrons. The SMILES string of the molecule is N#CC1([C@@H](C[N+](=O)[O-])c2ccccc2)SCCS1. The fourth-order valence-corrected chi connectivity index (χ4v) is 5.11. The maximum atomic E-state index is 10.9.